The fraction of sp³-hybridized carbons (Fsp3) is 0.400. The third-order valence-electron chi connectivity index (χ3n) is 8.10. The Morgan fingerprint density at radius 2 is 1.67 bits per heavy atom. The highest BCUT2D eigenvalue weighted by Gasteiger charge is 2.33. The minimum absolute atomic E-state index is 0.123. The molecule has 0 spiro atoms. The van der Waals surface area contributed by atoms with E-state index in [4.69, 9.17) is 9.47 Å². The smallest absolute Gasteiger partial charge is 0.414 e. The van der Waals surface area contributed by atoms with Crippen LogP contribution < -0.4 is 25.4 Å². The Bertz CT molecular complexity index is 1680. The predicted molar refractivity (Wildman–Crippen MR) is 155 cm³/mol. The van der Waals surface area contributed by atoms with Crippen molar-refractivity contribution in [3.8, 4) is 0 Å². The standard InChI is InChI=1S/C30H31F2N5O6/c1-17(38)33-14-20-15-37(30(41)43-20)19-5-6-25(23(31)11-19)34-7-9-35(10-8-34)27-13-26-21(12-24(27)32)28(39)22(29(40)42-2)16-36(26)18-3-4-18/h5-6,11-13,16,18,20H,3-4,7-10,14-15H2,1-2H3,(H,33,38)/t20-/m0/s1. The first kappa shape index (κ1) is 28.4. The van der Waals surface area contributed by atoms with Gasteiger partial charge in [-0.05, 0) is 43.2 Å². The van der Waals surface area contributed by atoms with Gasteiger partial charge in [0.2, 0.25) is 11.3 Å². The second-order valence-electron chi connectivity index (χ2n) is 11.0. The molecule has 2 saturated heterocycles. The zero-order valence-electron chi connectivity index (χ0n) is 23.8. The molecule has 1 atom stereocenters. The Balaban J connectivity index is 1.18. The normalized spacial score (nSPS) is 18.7. The zero-order chi connectivity index (χ0) is 30.4. The molecule has 11 nitrogen and oxygen atoms in total. The summed E-state index contributed by atoms with van der Waals surface area (Å²) in [5, 5.41) is 2.73. The number of nitrogens with one attached hydrogen (secondary N) is 1. The van der Waals surface area contributed by atoms with Crippen LogP contribution in [0.1, 0.15) is 36.2 Å². The molecule has 2 aromatic carbocycles. The molecule has 2 amide bonds. The lowest BCUT2D eigenvalue weighted by atomic mass is 10.1. The van der Waals surface area contributed by atoms with E-state index in [1.165, 1.54) is 37.3 Å². The minimum atomic E-state index is -0.756. The van der Waals surface area contributed by atoms with Crippen LogP contribution in [0.2, 0.25) is 0 Å². The fourth-order valence-corrected chi connectivity index (χ4v) is 5.72. The number of ether oxygens (including phenoxy) is 2. The largest absolute Gasteiger partial charge is 0.465 e. The lowest BCUT2D eigenvalue weighted by Gasteiger charge is -2.37. The molecular formula is C30H31F2N5O6. The van der Waals surface area contributed by atoms with E-state index in [-0.39, 0.29) is 36.0 Å². The van der Waals surface area contributed by atoms with Crippen molar-refractivity contribution in [3.63, 3.8) is 0 Å². The molecule has 6 rings (SSSR count). The number of anilines is 3. The summed E-state index contributed by atoms with van der Waals surface area (Å²) in [7, 11) is 1.20. The highest BCUT2D eigenvalue weighted by atomic mass is 19.1. The average Bonchev–Trinajstić information content (AvgIpc) is 3.77. The van der Waals surface area contributed by atoms with Gasteiger partial charge in [-0.25, -0.2) is 18.4 Å². The van der Waals surface area contributed by atoms with Gasteiger partial charge >= 0.3 is 12.1 Å². The number of carbonyl (C=O) groups is 3. The maximum atomic E-state index is 15.4. The molecule has 0 bridgehead atoms. The monoisotopic (exact) mass is 595 g/mol. The maximum absolute atomic E-state index is 15.4. The number of benzene rings is 2. The van der Waals surface area contributed by atoms with E-state index in [1.807, 2.05) is 14.4 Å². The van der Waals surface area contributed by atoms with Crippen molar-refractivity contribution in [1.29, 1.82) is 0 Å². The quantitative estimate of drug-likeness (QED) is 0.415. The van der Waals surface area contributed by atoms with Crippen molar-refractivity contribution in [2.45, 2.75) is 31.9 Å². The van der Waals surface area contributed by atoms with Crippen molar-refractivity contribution in [2.75, 3.05) is 61.1 Å². The molecule has 1 aliphatic carbocycles. The minimum Gasteiger partial charge on any atom is -0.465 e. The summed E-state index contributed by atoms with van der Waals surface area (Å²) in [6, 6.07) is 7.51. The summed E-state index contributed by atoms with van der Waals surface area (Å²) in [5.74, 6) is -2.07. The van der Waals surface area contributed by atoms with E-state index in [2.05, 4.69) is 5.32 Å². The van der Waals surface area contributed by atoms with Crippen LogP contribution in [-0.4, -0.2) is 75.0 Å². The molecule has 13 heteroatoms. The number of aromatic nitrogens is 1. The first-order chi connectivity index (χ1) is 20.6. The summed E-state index contributed by atoms with van der Waals surface area (Å²) in [4.78, 5) is 53.8. The third-order valence-corrected chi connectivity index (χ3v) is 8.10. The highest BCUT2D eigenvalue weighted by Crippen LogP contribution is 2.38. The van der Waals surface area contributed by atoms with Crippen LogP contribution in [0.5, 0.6) is 0 Å². The molecule has 0 radical (unpaired) electrons. The molecule has 2 aliphatic heterocycles. The van der Waals surface area contributed by atoms with Gasteiger partial charge in [0.15, 0.2) is 0 Å². The lowest BCUT2D eigenvalue weighted by Crippen LogP contribution is -2.47. The summed E-state index contributed by atoms with van der Waals surface area (Å²) in [6.07, 6.45) is 2.15. The zero-order valence-corrected chi connectivity index (χ0v) is 23.8. The van der Waals surface area contributed by atoms with E-state index in [0.717, 1.165) is 12.8 Å². The van der Waals surface area contributed by atoms with Gasteiger partial charge in [0.1, 0.15) is 23.3 Å². The number of nitrogens with zero attached hydrogens (tertiary/aromatic N) is 4. The number of amides is 2. The van der Waals surface area contributed by atoms with Crippen molar-refractivity contribution >= 4 is 45.9 Å². The number of fused-ring (bicyclic) bond motifs is 1. The molecule has 3 aromatic rings. The van der Waals surface area contributed by atoms with Crippen molar-refractivity contribution in [3.05, 3.63) is 63.9 Å². The number of hydrogen-bond acceptors (Lipinski definition) is 8. The number of hydrogen-bond donors (Lipinski definition) is 1. The first-order valence-corrected chi connectivity index (χ1v) is 14.1. The first-order valence-electron chi connectivity index (χ1n) is 14.1. The van der Waals surface area contributed by atoms with Gasteiger partial charge in [-0.15, -0.1) is 0 Å². The van der Waals surface area contributed by atoms with Crippen LogP contribution in [-0.2, 0) is 14.3 Å². The molecule has 226 valence electrons. The second kappa shape index (κ2) is 11.2. The summed E-state index contributed by atoms with van der Waals surface area (Å²) >= 11 is 0. The Morgan fingerprint density at radius 3 is 2.30 bits per heavy atom. The van der Waals surface area contributed by atoms with E-state index in [1.54, 1.807) is 18.2 Å². The van der Waals surface area contributed by atoms with Crippen LogP contribution in [0.15, 0.2) is 41.3 Å². The summed E-state index contributed by atoms with van der Waals surface area (Å²) < 4.78 is 42.6. The molecule has 1 N–H and O–H groups in total. The molecule has 43 heavy (non-hydrogen) atoms. The van der Waals surface area contributed by atoms with E-state index in [0.29, 0.717) is 48.8 Å². The van der Waals surface area contributed by atoms with E-state index < -0.39 is 35.2 Å². The van der Waals surface area contributed by atoms with Gasteiger partial charge in [0, 0.05) is 50.7 Å². The van der Waals surface area contributed by atoms with Gasteiger partial charge in [-0.2, -0.15) is 0 Å². The Morgan fingerprint density at radius 1 is 1.00 bits per heavy atom. The van der Waals surface area contributed by atoms with E-state index in [9.17, 15) is 19.2 Å². The second-order valence-corrected chi connectivity index (χ2v) is 11.0. The fourth-order valence-electron chi connectivity index (χ4n) is 5.72. The topological polar surface area (TPSA) is 113 Å². The number of pyridine rings is 1. The predicted octanol–water partition coefficient (Wildman–Crippen LogP) is 3.19. The van der Waals surface area contributed by atoms with Gasteiger partial charge in [0.25, 0.3) is 0 Å². The van der Waals surface area contributed by atoms with Crippen molar-refractivity contribution in [1.82, 2.24) is 9.88 Å². The molecule has 3 fully saturated rings. The molecule has 3 heterocycles. The molecule has 1 aromatic heterocycles. The van der Waals surface area contributed by atoms with Crippen molar-refractivity contribution in [2.24, 2.45) is 0 Å². The molecular weight excluding hydrogens is 564 g/mol. The van der Waals surface area contributed by atoms with Gasteiger partial charge in [-0.1, -0.05) is 0 Å². The SMILES string of the molecule is COC(=O)c1cn(C2CC2)c2cc(N3CCN(c4ccc(N5C[C@H](CNC(C)=O)OC5=O)cc4F)CC3)c(F)cc2c1=O. The van der Waals surface area contributed by atoms with Gasteiger partial charge < -0.3 is 29.2 Å². The van der Waals surface area contributed by atoms with Crippen LogP contribution in [0.3, 0.4) is 0 Å². The number of esters is 1. The Labute approximate surface area is 245 Å². The molecule has 1 saturated carbocycles. The highest BCUT2D eigenvalue weighted by molar-refractivity contribution is 5.95. The number of piperazine rings is 1. The lowest BCUT2D eigenvalue weighted by molar-refractivity contribution is -0.119. The number of methoxy groups -OCH3 is 1. The summed E-state index contributed by atoms with van der Waals surface area (Å²) in [6.45, 7) is 3.36. The number of carbonyl (C=O) groups excluding carboxylic acids is 3. The summed E-state index contributed by atoms with van der Waals surface area (Å²) in [5.41, 5.74) is 0.915. The maximum Gasteiger partial charge on any atom is 0.414 e. The Hall–Kier alpha value is -4.68. The number of rotatable bonds is 7. The Kier molecular flexibility index (Phi) is 7.40. The number of halogens is 2. The third kappa shape index (κ3) is 5.46. The van der Waals surface area contributed by atoms with Gasteiger partial charge in [-0.3, -0.25) is 14.5 Å². The van der Waals surface area contributed by atoms with Crippen molar-refractivity contribution < 1.29 is 32.6 Å². The van der Waals surface area contributed by atoms with Crippen LogP contribution in [0, 0.1) is 11.6 Å². The average molecular weight is 596 g/mol. The van der Waals surface area contributed by atoms with Crippen LogP contribution in [0.25, 0.3) is 10.9 Å². The van der Waals surface area contributed by atoms with Crippen LogP contribution >= 0.6 is 0 Å². The van der Waals surface area contributed by atoms with E-state index >= 15 is 8.78 Å². The number of cyclic esters (lactones) is 1. The molecule has 3 aliphatic rings. The van der Waals surface area contributed by atoms with Crippen LogP contribution in [0.4, 0.5) is 30.6 Å². The molecule has 0 unspecified atom stereocenters. The van der Waals surface area contributed by atoms with Gasteiger partial charge in [0.05, 0.1) is 42.8 Å².